The highest BCUT2D eigenvalue weighted by Gasteiger charge is 2.31. The molecule has 0 amide bonds. The van der Waals surface area contributed by atoms with Gasteiger partial charge in [0, 0.05) is 39.8 Å². The highest BCUT2D eigenvalue weighted by Crippen LogP contribution is 2.20. The van der Waals surface area contributed by atoms with Crippen molar-refractivity contribution in [3.63, 3.8) is 0 Å². The minimum atomic E-state index is -3.33. The van der Waals surface area contributed by atoms with E-state index in [9.17, 15) is 8.42 Å². The van der Waals surface area contributed by atoms with Gasteiger partial charge in [-0.05, 0) is 31.7 Å². The van der Waals surface area contributed by atoms with E-state index in [0.717, 1.165) is 25.8 Å². The molecule has 0 spiro atoms. The number of nitrogens with zero attached hydrogens (tertiary/aromatic N) is 2. The van der Waals surface area contributed by atoms with Crippen molar-refractivity contribution in [3.05, 3.63) is 0 Å². The van der Waals surface area contributed by atoms with Crippen molar-refractivity contribution in [2.24, 2.45) is 5.92 Å². The molecule has 0 aromatic rings. The summed E-state index contributed by atoms with van der Waals surface area (Å²) in [5.74, 6) is 0.314. The summed E-state index contributed by atoms with van der Waals surface area (Å²) in [7, 11) is 0.00858. The summed E-state index contributed by atoms with van der Waals surface area (Å²) in [5, 5.41) is 3.30. The minimum absolute atomic E-state index is 0.314. The van der Waals surface area contributed by atoms with Crippen molar-refractivity contribution in [2.75, 3.05) is 46.9 Å². The lowest BCUT2D eigenvalue weighted by Crippen LogP contribution is -2.47. The van der Waals surface area contributed by atoms with Crippen molar-refractivity contribution in [3.8, 4) is 0 Å². The molecular formula is C14H31N3O3S. The lowest BCUT2D eigenvalue weighted by atomic mass is 10.0. The Kier molecular flexibility index (Phi) is 8.12. The highest BCUT2D eigenvalue weighted by molar-refractivity contribution is 7.86. The summed E-state index contributed by atoms with van der Waals surface area (Å²) in [6.07, 6.45) is 2.78. The smallest absolute Gasteiger partial charge is 0.281 e. The van der Waals surface area contributed by atoms with Crippen molar-refractivity contribution < 1.29 is 13.2 Å². The Labute approximate surface area is 130 Å². The van der Waals surface area contributed by atoms with E-state index in [0.29, 0.717) is 38.2 Å². The maximum absolute atomic E-state index is 12.6. The summed E-state index contributed by atoms with van der Waals surface area (Å²) < 4.78 is 33.4. The third-order valence-corrected chi connectivity index (χ3v) is 5.76. The lowest BCUT2D eigenvalue weighted by Gasteiger charge is -2.34. The Balaban J connectivity index is 2.46. The third kappa shape index (κ3) is 6.20. The van der Waals surface area contributed by atoms with E-state index in [-0.39, 0.29) is 0 Å². The Hall–Kier alpha value is -0.210. The lowest BCUT2D eigenvalue weighted by molar-refractivity contribution is 0.116. The number of methoxy groups -OCH3 is 1. The first-order chi connectivity index (χ1) is 9.87. The Morgan fingerprint density at radius 2 is 2.14 bits per heavy atom. The molecule has 0 radical (unpaired) electrons. The number of piperidine rings is 1. The molecule has 1 saturated heterocycles. The standard InChI is InChI=1S/C14H31N3O3S/c1-13(2)15-8-6-9-16(3)21(18,19)17-10-5-7-14(11-17)12-20-4/h13-15H,5-12H2,1-4H3. The van der Waals surface area contributed by atoms with Crippen LogP contribution in [0.25, 0.3) is 0 Å². The molecule has 1 unspecified atom stereocenters. The zero-order valence-corrected chi connectivity index (χ0v) is 14.7. The zero-order chi connectivity index (χ0) is 15.9. The summed E-state index contributed by atoms with van der Waals surface area (Å²) in [6, 6.07) is 0.434. The first kappa shape index (κ1) is 18.8. The van der Waals surface area contributed by atoms with Crippen molar-refractivity contribution in [1.29, 1.82) is 0 Å². The van der Waals surface area contributed by atoms with Gasteiger partial charge >= 0.3 is 0 Å². The van der Waals surface area contributed by atoms with Crippen LogP contribution in [0.1, 0.15) is 33.1 Å². The normalized spacial score (nSPS) is 21.3. The summed E-state index contributed by atoms with van der Waals surface area (Å²) in [6.45, 7) is 7.39. The number of hydrogen-bond donors (Lipinski definition) is 1. The summed E-state index contributed by atoms with van der Waals surface area (Å²) in [5.41, 5.74) is 0. The predicted molar refractivity (Wildman–Crippen MR) is 85.5 cm³/mol. The maximum Gasteiger partial charge on any atom is 0.281 e. The number of nitrogens with one attached hydrogen (secondary N) is 1. The number of ether oxygens (including phenoxy) is 1. The molecule has 126 valence electrons. The van der Waals surface area contributed by atoms with Gasteiger partial charge in [-0.15, -0.1) is 0 Å². The van der Waals surface area contributed by atoms with Crippen LogP contribution in [0.5, 0.6) is 0 Å². The van der Waals surface area contributed by atoms with E-state index >= 15 is 0 Å². The first-order valence-corrected chi connectivity index (χ1v) is 9.21. The highest BCUT2D eigenvalue weighted by atomic mass is 32.2. The van der Waals surface area contributed by atoms with Gasteiger partial charge in [0.1, 0.15) is 0 Å². The van der Waals surface area contributed by atoms with Crippen LogP contribution in [0, 0.1) is 5.92 Å². The molecule has 0 aromatic carbocycles. The van der Waals surface area contributed by atoms with Crippen LogP contribution in [-0.4, -0.2) is 70.0 Å². The van der Waals surface area contributed by atoms with Crippen molar-refractivity contribution >= 4 is 10.2 Å². The van der Waals surface area contributed by atoms with Crippen molar-refractivity contribution in [2.45, 2.75) is 39.2 Å². The van der Waals surface area contributed by atoms with E-state index in [1.807, 2.05) is 0 Å². The second-order valence-corrected chi connectivity index (χ2v) is 8.15. The van der Waals surface area contributed by atoms with Crippen LogP contribution >= 0.6 is 0 Å². The van der Waals surface area contributed by atoms with Gasteiger partial charge in [0.2, 0.25) is 0 Å². The largest absolute Gasteiger partial charge is 0.384 e. The molecule has 1 rings (SSSR count). The van der Waals surface area contributed by atoms with Crippen LogP contribution < -0.4 is 5.32 Å². The minimum Gasteiger partial charge on any atom is -0.384 e. The number of rotatable bonds is 9. The summed E-state index contributed by atoms with van der Waals surface area (Å²) >= 11 is 0. The van der Waals surface area contributed by atoms with Gasteiger partial charge < -0.3 is 10.1 Å². The maximum atomic E-state index is 12.6. The molecule has 1 fully saturated rings. The summed E-state index contributed by atoms with van der Waals surface area (Å²) in [4.78, 5) is 0. The molecule has 1 heterocycles. The second-order valence-electron chi connectivity index (χ2n) is 6.11. The monoisotopic (exact) mass is 321 g/mol. The van der Waals surface area contributed by atoms with Gasteiger partial charge in [-0.2, -0.15) is 17.0 Å². The quantitative estimate of drug-likeness (QED) is 0.641. The molecule has 0 saturated carbocycles. The van der Waals surface area contributed by atoms with E-state index in [1.165, 1.54) is 4.31 Å². The molecule has 1 aliphatic heterocycles. The molecule has 21 heavy (non-hydrogen) atoms. The average Bonchev–Trinajstić information content (AvgIpc) is 2.43. The number of hydrogen-bond acceptors (Lipinski definition) is 4. The van der Waals surface area contributed by atoms with E-state index in [1.54, 1.807) is 18.5 Å². The molecule has 0 aliphatic carbocycles. The Morgan fingerprint density at radius 1 is 1.43 bits per heavy atom. The SMILES string of the molecule is COCC1CCCN(S(=O)(=O)N(C)CCCNC(C)C)C1. The fourth-order valence-corrected chi connectivity index (χ4v) is 4.13. The molecular weight excluding hydrogens is 290 g/mol. The topological polar surface area (TPSA) is 61.9 Å². The Morgan fingerprint density at radius 3 is 2.76 bits per heavy atom. The van der Waals surface area contributed by atoms with Crippen LogP contribution in [-0.2, 0) is 14.9 Å². The van der Waals surface area contributed by atoms with Gasteiger partial charge in [-0.1, -0.05) is 13.8 Å². The van der Waals surface area contributed by atoms with Gasteiger partial charge in [-0.25, -0.2) is 0 Å². The van der Waals surface area contributed by atoms with E-state index < -0.39 is 10.2 Å². The van der Waals surface area contributed by atoms with Gasteiger partial charge in [0.25, 0.3) is 10.2 Å². The first-order valence-electron chi connectivity index (χ1n) is 7.81. The third-order valence-electron chi connectivity index (χ3n) is 3.81. The van der Waals surface area contributed by atoms with Crippen LogP contribution in [0.4, 0.5) is 0 Å². The van der Waals surface area contributed by atoms with Crippen LogP contribution in [0.15, 0.2) is 0 Å². The van der Waals surface area contributed by atoms with Gasteiger partial charge in [-0.3, -0.25) is 0 Å². The van der Waals surface area contributed by atoms with Crippen LogP contribution in [0.2, 0.25) is 0 Å². The molecule has 0 bridgehead atoms. The molecule has 1 N–H and O–H groups in total. The second kappa shape index (κ2) is 9.05. The molecule has 1 aliphatic rings. The average molecular weight is 321 g/mol. The molecule has 0 aromatic heterocycles. The van der Waals surface area contributed by atoms with Crippen molar-refractivity contribution in [1.82, 2.24) is 13.9 Å². The van der Waals surface area contributed by atoms with Gasteiger partial charge in [0.05, 0.1) is 6.61 Å². The Bertz CT molecular complexity index is 385. The van der Waals surface area contributed by atoms with Gasteiger partial charge in [0.15, 0.2) is 0 Å². The van der Waals surface area contributed by atoms with Crippen LogP contribution in [0.3, 0.4) is 0 Å². The molecule has 1 atom stereocenters. The predicted octanol–water partition coefficient (Wildman–Crippen LogP) is 0.910. The van der Waals surface area contributed by atoms with E-state index in [2.05, 4.69) is 19.2 Å². The zero-order valence-electron chi connectivity index (χ0n) is 13.8. The fraction of sp³-hybridized carbons (Fsp3) is 1.00. The van der Waals surface area contributed by atoms with E-state index in [4.69, 9.17) is 4.74 Å². The molecule has 6 nitrogen and oxygen atoms in total. The fourth-order valence-electron chi connectivity index (χ4n) is 2.61. The molecule has 7 heteroatoms.